The summed E-state index contributed by atoms with van der Waals surface area (Å²) >= 11 is 0. The molecule has 4 heterocycles. The fourth-order valence-electron chi connectivity index (χ4n) is 6.11. The van der Waals surface area contributed by atoms with Gasteiger partial charge in [-0.2, -0.15) is 10.2 Å². The Balaban J connectivity index is 0.00000486. The molecule has 0 bridgehead atoms. The van der Waals surface area contributed by atoms with E-state index in [0.717, 1.165) is 33.5 Å². The van der Waals surface area contributed by atoms with Gasteiger partial charge in [0.1, 0.15) is 11.4 Å². The second-order valence-corrected chi connectivity index (χ2v) is 11.8. The van der Waals surface area contributed by atoms with Gasteiger partial charge in [0, 0.05) is 38.3 Å². The average Bonchev–Trinajstić information content (AvgIpc) is 3.85. The quantitative estimate of drug-likeness (QED) is 0.127. The van der Waals surface area contributed by atoms with Crippen molar-refractivity contribution in [1.82, 2.24) is 38.7 Å². The van der Waals surface area contributed by atoms with Crippen LogP contribution in [0.15, 0.2) is 48.5 Å². The van der Waals surface area contributed by atoms with Crippen LogP contribution in [0.3, 0.4) is 0 Å². The summed E-state index contributed by atoms with van der Waals surface area (Å²) < 4.78 is 7.22. The van der Waals surface area contributed by atoms with Crippen molar-refractivity contribution >= 4 is 51.7 Å². The van der Waals surface area contributed by atoms with Crippen molar-refractivity contribution < 1.29 is 14.4 Å². The van der Waals surface area contributed by atoms with Gasteiger partial charge in [0.05, 0.1) is 33.5 Å². The van der Waals surface area contributed by atoms with Gasteiger partial charge in [-0.3, -0.25) is 34.4 Å². The van der Waals surface area contributed by atoms with E-state index in [-0.39, 0.29) is 19.2 Å². The molecule has 2 aromatic carbocycles. The molecule has 0 saturated carbocycles. The summed E-state index contributed by atoms with van der Waals surface area (Å²) in [6, 6.07) is 14.4. The summed E-state index contributed by atoms with van der Waals surface area (Å²) in [6.45, 7) is 9.99. The lowest BCUT2D eigenvalue weighted by Crippen LogP contribution is -2.20. The van der Waals surface area contributed by atoms with Crippen LogP contribution in [-0.4, -0.2) is 56.4 Å². The molecule has 0 radical (unpaired) electrons. The second kappa shape index (κ2) is 14.7. The van der Waals surface area contributed by atoms with Crippen molar-refractivity contribution in [3.05, 3.63) is 82.4 Å². The van der Waals surface area contributed by atoms with E-state index in [1.165, 1.54) is 0 Å². The minimum atomic E-state index is -0.563. The number of nitrogens with zero attached hydrogens (tertiary/aromatic N) is 8. The Morgan fingerprint density at radius 1 is 0.760 bits per heavy atom. The largest absolute Gasteiger partial charge is 0.366 e. The number of nitrogens with one attached hydrogen (secondary N) is 2. The highest BCUT2D eigenvalue weighted by molar-refractivity contribution is 6.04. The maximum Gasteiger partial charge on any atom is 0.276 e. The van der Waals surface area contributed by atoms with E-state index in [1.54, 1.807) is 39.7 Å². The van der Waals surface area contributed by atoms with Crippen molar-refractivity contribution in [1.29, 1.82) is 0 Å². The van der Waals surface area contributed by atoms with Gasteiger partial charge >= 0.3 is 0 Å². The standard InChI is InChI=1S/C34H40N12O3.CH4/c1-5-45-27(16-20(3)41-45)31(48)39-33-37-24-18-22(30(36)47)12-13-25(24)43(33)14-7-8-15-44-26-11-9-10-23(19-35)29(26)38-34(44)40-32(49)28-17-21(4)42-46(28)6-2;/h9-13,16-18H,5-8,14-15,19,35H2,1-4H3,(H2,36,47)(H,37,39,48)(H,38,40,49);1H4. The Morgan fingerprint density at radius 3 is 1.86 bits per heavy atom. The number of imidazole rings is 2. The maximum absolute atomic E-state index is 13.4. The number of anilines is 2. The summed E-state index contributed by atoms with van der Waals surface area (Å²) in [4.78, 5) is 48.2. The first kappa shape index (κ1) is 35.5. The molecule has 0 atom stereocenters. The van der Waals surface area contributed by atoms with E-state index in [1.807, 2.05) is 55.0 Å². The number of rotatable bonds is 13. The van der Waals surface area contributed by atoms with E-state index >= 15 is 0 Å². The molecular formula is C35H44N12O3. The fraction of sp³-hybridized carbons (Fsp3) is 0.343. The molecule has 3 amide bonds. The number of hydrogen-bond donors (Lipinski definition) is 4. The van der Waals surface area contributed by atoms with Crippen molar-refractivity contribution in [3.8, 4) is 0 Å². The first-order chi connectivity index (χ1) is 23.6. The highest BCUT2D eigenvalue weighted by Crippen LogP contribution is 2.26. The number of carbonyl (C=O) groups is 3. The zero-order chi connectivity index (χ0) is 34.8. The molecule has 6 N–H and O–H groups in total. The highest BCUT2D eigenvalue weighted by Gasteiger charge is 2.21. The van der Waals surface area contributed by atoms with Crippen LogP contribution >= 0.6 is 0 Å². The number of carbonyl (C=O) groups excluding carboxylic acids is 3. The summed E-state index contributed by atoms with van der Waals surface area (Å²) in [5.74, 6) is -0.431. The van der Waals surface area contributed by atoms with Crippen LogP contribution in [0.25, 0.3) is 22.1 Å². The molecule has 0 aliphatic heterocycles. The number of fused-ring (bicyclic) bond motifs is 2. The molecule has 0 aliphatic carbocycles. The molecule has 0 unspecified atom stereocenters. The first-order valence-corrected chi connectivity index (χ1v) is 16.3. The molecule has 15 heteroatoms. The van der Waals surface area contributed by atoms with Crippen molar-refractivity contribution in [2.24, 2.45) is 11.5 Å². The molecular weight excluding hydrogens is 636 g/mol. The molecule has 0 aliphatic rings. The van der Waals surface area contributed by atoms with E-state index in [9.17, 15) is 14.4 Å². The molecule has 4 aromatic heterocycles. The Kier molecular flexibility index (Phi) is 10.5. The number of aryl methyl sites for hydroxylation is 6. The Labute approximate surface area is 289 Å². The maximum atomic E-state index is 13.4. The lowest BCUT2D eigenvalue weighted by molar-refractivity contribution is 0.0995. The van der Waals surface area contributed by atoms with Gasteiger partial charge in [0.25, 0.3) is 11.8 Å². The van der Waals surface area contributed by atoms with Crippen LogP contribution in [0, 0.1) is 13.8 Å². The van der Waals surface area contributed by atoms with Crippen molar-refractivity contribution in [3.63, 3.8) is 0 Å². The summed E-state index contributed by atoms with van der Waals surface area (Å²) in [5, 5.41) is 14.8. The highest BCUT2D eigenvalue weighted by atomic mass is 16.2. The van der Waals surface area contributed by atoms with Gasteiger partial charge in [-0.05, 0) is 82.5 Å². The second-order valence-electron chi connectivity index (χ2n) is 11.8. The topological polar surface area (TPSA) is 199 Å². The summed E-state index contributed by atoms with van der Waals surface area (Å²) in [7, 11) is 0. The van der Waals surface area contributed by atoms with Crippen molar-refractivity contribution in [2.75, 3.05) is 10.6 Å². The van der Waals surface area contributed by atoms with Crippen LogP contribution in [0.4, 0.5) is 11.9 Å². The monoisotopic (exact) mass is 680 g/mol. The molecule has 6 rings (SSSR count). The number of unbranched alkanes of at least 4 members (excludes halogenated alkanes) is 1. The number of primary amides is 1. The number of aromatic nitrogens is 8. The van der Waals surface area contributed by atoms with Crippen LogP contribution in [0.1, 0.15) is 82.4 Å². The van der Waals surface area contributed by atoms with Crippen LogP contribution in [0.2, 0.25) is 0 Å². The number of amides is 3. The van der Waals surface area contributed by atoms with E-state index in [4.69, 9.17) is 16.5 Å². The third kappa shape index (κ3) is 6.85. The van der Waals surface area contributed by atoms with Gasteiger partial charge in [-0.1, -0.05) is 19.6 Å². The Morgan fingerprint density at radius 2 is 1.32 bits per heavy atom. The summed E-state index contributed by atoms with van der Waals surface area (Å²) in [5.41, 5.74) is 18.0. The SMILES string of the molecule is C.CCn1nc(C)cc1C(=O)Nc1nc2cc(C(N)=O)ccc2n1CCCCn1c(NC(=O)c2cc(C)nn2CC)nc2c(CN)cccc21. The van der Waals surface area contributed by atoms with Crippen LogP contribution < -0.4 is 22.1 Å². The average molecular weight is 681 g/mol. The number of benzene rings is 2. The number of para-hydroxylation sites is 1. The number of nitrogens with two attached hydrogens (primary N) is 2. The third-order valence-corrected chi connectivity index (χ3v) is 8.45. The van der Waals surface area contributed by atoms with Gasteiger partial charge < -0.3 is 20.6 Å². The van der Waals surface area contributed by atoms with E-state index in [0.29, 0.717) is 79.9 Å². The lowest BCUT2D eigenvalue weighted by atomic mass is 10.2. The lowest BCUT2D eigenvalue weighted by Gasteiger charge is -2.13. The predicted octanol–water partition coefficient (Wildman–Crippen LogP) is 4.61. The fourth-order valence-corrected chi connectivity index (χ4v) is 6.11. The molecule has 0 saturated heterocycles. The molecule has 50 heavy (non-hydrogen) atoms. The smallest absolute Gasteiger partial charge is 0.276 e. The van der Waals surface area contributed by atoms with Gasteiger partial charge in [0.15, 0.2) is 0 Å². The normalized spacial score (nSPS) is 11.2. The molecule has 6 aromatic rings. The molecule has 262 valence electrons. The molecule has 15 nitrogen and oxygen atoms in total. The van der Waals surface area contributed by atoms with Gasteiger partial charge in [-0.25, -0.2) is 9.97 Å². The van der Waals surface area contributed by atoms with Crippen LogP contribution in [0.5, 0.6) is 0 Å². The zero-order valence-electron chi connectivity index (χ0n) is 28.0. The minimum Gasteiger partial charge on any atom is -0.366 e. The van der Waals surface area contributed by atoms with Crippen molar-refractivity contribution in [2.45, 2.75) is 80.7 Å². The summed E-state index contributed by atoms with van der Waals surface area (Å²) in [6.07, 6.45) is 1.38. The first-order valence-electron chi connectivity index (χ1n) is 16.3. The van der Waals surface area contributed by atoms with Crippen LogP contribution in [-0.2, 0) is 32.7 Å². The predicted molar refractivity (Wildman–Crippen MR) is 193 cm³/mol. The minimum absolute atomic E-state index is 0. The third-order valence-electron chi connectivity index (χ3n) is 8.45. The molecule has 0 spiro atoms. The Hall–Kier alpha value is -5.83. The molecule has 0 fully saturated rings. The van der Waals surface area contributed by atoms with E-state index in [2.05, 4.69) is 25.8 Å². The van der Waals surface area contributed by atoms with Gasteiger partial charge in [-0.15, -0.1) is 0 Å². The Bertz CT molecular complexity index is 2200. The van der Waals surface area contributed by atoms with Gasteiger partial charge in [0.2, 0.25) is 17.8 Å². The number of hydrogen-bond acceptors (Lipinski definition) is 8. The van der Waals surface area contributed by atoms with E-state index < -0.39 is 5.91 Å². The zero-order valence-corrected chi connectivity index (χ0v) is 28.0.